The molecule has 0 unspecified atom stereocenters. The van der Waals surface area contributed by atoms with Gasteiger partial charge in [-0.05, 0) is 57.4 Å². The molecule has 0 heterocycles. The first-order chi connectivity index (χ1) is 12.3. The minimum atomic E-state index is -3.77. The molecule has 1 amide bonds. The number of ether oxygens (including phenoxy) is 1. The predicted molar refractivity (Wildman–Crippen MR) is 102 cm³/mol. The molecular formula is C19H30N2O4S. The van der Waals surface area contributed by atoms with Gasteiger partial charge in [-0.2, -0.15) is 4.72 Å². The van der Waals surface area contributed by atoms with Crippen LogP contribution in [-0.4, -0.2) is 33.0 Å². The molecule has 26 heavy (non-hydrogen) atoms. The van der Waals surface area contributed by atoms with E-state index in [0.29, 0.717) is 12.4 Å². The lowest BCUT2D eigenvalue weighted by molar-refractivity contribution is -0.123. The number of carbonyl (C=O) groups is 1. The van der Waals surface area contributed by atoms with Gasteiger partial charge in [-0.25, -0.2) is 8.42 Å². The molecule has 0 bridgehead atoms. The number of hydrogen-bond donors (Lipinski definition) is 2. The highest BCUT2D eigenvalue weighted by Gasteiger charge is 2.24. The number of hydrogen-bond acceptors (Lipinski definition) is 4. The molecule has 2 N–H and O–H groups in total. The number of sulfonamides is 1. The second-order valence-corrected chi connectivity index (χ2v) is 8.61. The Morgan fingerprint density at radius 1 is 1.23 bits per heavy atom. The average molecular weight is 383 g/mol. The lowest BCUT2D eigenvalue weighted by Gasteiger charge is -2.20. The van der Waals surface area contributed by atoms with Crippen LogP contribution in [0.15, 0.2) is 23.1 Å². The number of rotatable bonds is 7. The minimum Gasteiger partial charge on any atom is -0.494 e. The summed E-state index contributed by atoms with van der Waals surface area (Å²) >= 11 is 0. The third-order valence-electron chi connectivity index (χ3n) is 4.68. The monoisotopic (exact) mass is 382 g/mol. The van der Waals surface area contributed by atoms with Gasteiger partial charge in [0.15, 0.2) is 0 Å². The van der Waals surface area contributed by atoms with Crippen molar-refractivity contribution in [2.45, 2.75) is 76.3 Å². The van der Waals surface area contributed by atoms with Gasteiger partial charge in [0, 0.05) is 6.04 Å². The SMILES string of the molecule is CCOc1ccc(S(=O)(=O)N[C@H](C)C(=O)NC2CCCCCC2)cc1C. The van der Waals surface area contributed by atoms with Crippen LogP contribution in [0.4, 0.5) is 0 Å². The van der Waals surface area contributed by atoms with Crippen LogP contribution in [-0.2, 0) is 14.8 Å². The maximum absolute atomic E-state index is 12.6. The lowest BCUT2D eigenvalue weighted by Crippen LogP contribution is -2.47. The van der Waals surface area contributed by atoms with Crippen molar-refractivity contribution in [1.82, 2.24) is 10.0 Å². The molecule has 0 saturated heterocycles. The zero-order chi connectivity index (χ0) is 19.2. The number of aryl methyl sites for hydroxylation is 1. The summed E-state index contributed by atoms with van der Waals surface area (Å²) in [6.07, 6.45) is 6.54. The van der Waals surface area contributed by atoms with Crippen molar-refractivity contribution in [3.8, 4) is 5.75 Å². The normalized spacial score (nSPS) is 17.3. The van der Waals surface area contributed by atoms with Crippen LogP contribution in [0.1, 0.15) is 57.9 Å². The fourth-order valence-electron chi connectivity index (χ4n) is 3.21. The van der Waals surface area contributed by atoms with Gasteiger partial charge in [0.05, 0.1) is 17.5 Å². The van der Waals surface area contributed by atoms with E-state index >= 15 is 0 Å². The number of carbonyl (C=O) groups excluding carboxylic acids is 1. The van der Waals surface area contributed by atoms with E-state index in [1.807, 2.05) is 6.92 Å². The number of nitrogens with one attached hydrogen (secondary N) is 2. The molecule has 146 valence electrons. The van der Waals surface area contributed by atoms with Crippen molar-refractivity contribution in [2.24, 2.45) is 0 Å². The first-order valence-corrected chi connectivity index (χ1v) is 10.9. The van der Waals surface area contributed by atoms with Gasteiger partial charge in [-0.3, -0.25) is 4.79 Å². The third-order valence-corrected chi connectivity index (χ3v) is 6.22. The van der Waals surface area contributed by atoms with Crippen LogP contribution < -0.4 is 14.8 Å². The first kappa shape index (κ1) is 20.7. The topological polar surface area (TPSA) is 84.5 Å². The third kappa shape index (κ3) is 5.71. The van der Waals surface area contributed by atoms with Crippen LogP contribution >= 0.6 is 0 Å². The van der Waals surface area contributed by atoms with Crippen molar-refractivity contribution >= 4 is 15.9 Å². The molecule has 2 rings (SSSR count). The van der Waals surface area contributed by atoms with E-state index in [1.165, 1.54) is 18.9 Å². The molecule has 1 atom stereocenters. The van der Waals surface area contributed by atoms with Gasteiger partial charge in [0.2, 0.25) is 15.9 Å². The molecule has 1 saturated carbocycles. The van der Waals surface area contributed by atoms with Gasteiger partial charge in [0.1, 0.15) is 5.75 Å². The van der Waals surface area contributed by atoms with Crippen molar-refractivity contribution in [1.29, 1.82) is 0 Å². The summed E-state index contributed by atoms with van der Waals surface area (Å²) in [5.74, 6) is 0.383. The molecule has 0 aromatic heterocycles. The Morgan fingerprint density at radius 2 is 1.88 bits per heavy atom. The van der Waals surface area contributed by atoms with Gasteiger partial charge in [-0.1, -0.05) is 25.7 Å². The predicted octanol–water partition coefficient (Wildman–Crippen LogP) is 2.90. The summed E-state index contributed by atoms with van der Waals surface area (Å²) < 4.78 is 33.1. The van der Waals surface area contributed by atoms with Crippen LogP contribution in [0.5, 0.6) is 5.75 Å². The van der Waals surface area contributed by atoms with Crippen LogP contribution in [0.25, 0.3) is 0 Å². The molecule has 0 radical (unpaired) electrons. The Morgan fingerprint density at radius 3 is 2.46 bits per heavy atom. The number of benzene rings is 1. The summed E-state index contributed by atoms with van der Waals surface area (Å²) in [5, 5.41) is 2.98. The Labute approximate surface area is 156 Å². The van der Waals surface area contributed by atoms with Crippen molar-refractivity contribution in [2.75, 3.05) is 6.61 Å². The Balaban J connectivity index is 2.00. The summed E-state index contributed by atoms with van der Waals surface area (Å²) in [5.41, 5.74) is 0.741. The fourth-order valence-corrected chi connectivity index (χ4v) is 4.50. The van der Waals surface area contributed by atoms with Crippen LogP contribution in [0.3, 0.4) is 0 Å². The zero-order valence-corrected chi connectivity index (χ0v) is 16.7. The maximum Gasteiger partial charge on any atom is 0.241 e. The molecule has 1 aromatic carbocycles. The van der Waals surface area contributed by atoms with E-state index in [9.17, 15) is 13.2 Å². The summed E-state index contributed by atoms with van der Waals surface area (Å²) in [6.45, 7) is 5.76. The maximum atomic E-state index is 12.6. The fraction of sp³-hybridized carbons (Fsp3) is 0.632. The molecule has 1 aromatic rings. The lowest BCUT2D eigenvalue weighted by atomic mass is 10.1. The van der Waals surface area contributed by atoms with E-state index in [2.05, 4.69) is 10.0 Å². The highest BCUT2D eigenvalue weighted by atomic mass is 32.2. The molecule has 0 spiro atoms. The average Bonchev–Trinajstić information content (AvgIpc) is 2.85. The second kappa shape index (κ2) is 9.37. The van der Waals surface area contributed by atoms with Crippen molar-refractivity contribution in [3.63, 3.8) is 0 Å². The summed E-state index contributed by atoms with van der Waals surface area (Å²) in [7, 11) is -3.77. The summed E-state index contributed by atoms with van der Waals surface area (Å²) in [4.78, 5) is 12.5. The second-order valence-electron chi connectivity index (χ2n) is 6.90. The largest absolute Gasteiger partial charge is 0.494 e. The molecule has 0 aliphatic heterocycles. The summed E-state index contributed by atoms with van der Waals surface area (Å²) in [6, 6.07) is 4.02. The molecule has 1 aliphatic carbocycles. The minimum absolute atomic E-state index is 0.132. The number of amides is 1. The highest BCUT2D eigenvalue weighted by molar-refractivity contribution is 7.89. The molecule has 7 heteroatoms. The van der Waals surface area contributed by atoms with Crippen molar-refractivity contribution < 1.29 is 17.9 Å². The smallest absolute Gasteiger partial charge is 0.241 e. The molecule has 6 nitrogen and oxygen atoms in total. The standard InChI is InChI=1S/C19H30N2O4S/c1-4-25-18-12-11-17(13-14(18)2)26(23,24)21-15(3)19(22)20-16-9-7-5-6-8-10-16/h11-13,15-16,21H,4-10H2,1-3H3,(H,20,22)/t15-/m1/s1. The van der Waals surface area contributed by atoms with E-state index < -0.39 is 16.1 Å². The Kier molecular flexibility index (Phi) is 7.46. The van der Waals surface area contributed by atoms with Gasteiger partial charge < -0.3 is 10.1 Å². The van der Waals surface area contributed by atoms with Gasteiger partial charge >= 0.3 is 0 Å². The van der Waals surface area contributed by atoms with Crippen LogP contribution in [0.2, 0.25) is 0 Å². The Hall–Kier alpha value is -1.60. The van der Waals surface area contributed by atoms with Crippen molar-refractivity contribution in [3.05, 3.63) is 23.8 Å². The molecular weight excluding hydrogens is 352 g/mol. The van der Waals surface area contributed by atoms with E-state index in [-0.39, 0.29) is 16.8 Å². The van der Waals surface area contributed by atoms with E-state index in [4.69, 9.17) is 4.74 Å². The van der Waals surface area contributed by atoms with Gasteiger partial charge in [0.25, 0.3) is 0 Å². The first-order valence-electron chi connectivity index (χ1n) is 9.39. The quantitative estimate of drug-likeness (QED) is 0.710. The zero-order valence-electron chi connectivity index (χ0n) is 15.9. The van der Waals surface area contributed by atoms with Crippen LogP contribution in [0, 0.1) is 6.92 Å². The molecule has 1 fully saturated rings. The van der Waals surface area contributed by atoms with Gasteiger partial charge in [-0.15, -0.1) is 0 Å². The molecule has 1 aliphatic rings. The highest BCUT2D eigenvalue weighted by Crippen LogP contribution is 2.22. The Bertz CT molecular complexity index is 710. The van der Waals surface area contributed by atoms with E-state index in [1.54, 1.807) is 26.0 Å². The van der Waals surface area contributed by atoms with E-state index in [0.717, 1.165) is 31.2 Å².